The Kier molecular flexibility index (Phi) is 16.1. The number of hydrogen-bond acceptors (Lipinski definition) is 11. The van der Waals surface area contributed by atoms with Crippen LogP contribution in [0.5, 0.6) is 0 Å². The zero-order valence-corrected chi connectivity index (χ0v) is 29.7. The lowest BCUT2D eigenvalue weighted by atomic mass is 10.0. The first-order valence-corrected chi connectivity index (χ1v) is 16.2. The Labute approximate surface area is 300 Å². The number of amides is 3. The number of fused-ring (bicyclic) bond motifs is 1. The first kappa shape index (κ1) is 42.0. The second-order valence-electron chi connectivity index (χ2n) is 12.6. The minimum atomic E-state index is -1.46. The summed E-state index contributed by atoms with van der Waals surface area (Å²) < 4.78 is 15.2. The van der Waals surface area contributed by atoms with E-state index in [0.717, 1.165) is 17.9 Å². The van der Waals surface area contributed by atoms with E-state index in [1.165, 1.54) is 6.07 Å². The Balaban J connectivity index is 0.000000593. The van der Waals surface area contributed by atoms with Crippen molar-refractivity contribution < 1.29 is 43.0 Å². The van der Waals surface area contributed by atoms with Gasteiger partial charge in [0.25, 0.3) is 0 Å². The van der Waals surface area contributed by atoms with Gasteiger partial charge in [-0.1, -0.05) is 30.3 Å². The van der Waals surface area contributed by atoms with Crippen molar-refractivity contribution in [1.29, 1.82) is 5.41 Å². The van der Waals surface area contributed by atoms with E-state index in [4.69, 9.17) is 30.8 Å². The van der Waals surface area contributed by atoms with E-state index in [0.29, 0.717) is 16.8 Å². The first-order chi connectivity index (χ1) is 24.3. The predicted octanol–water partition coefficient (Wildman–Crippen LogP) is 1.69. The van der Waals surface area contributed by atoms with E-state index in [2.05, 4.69) is 21.3 Å². The predicted molar refractivity (Wildman–Crippen MR) is 192 cm³/mol. The molecule has 52 heavy (non-hydrogen) atoms. The number of carboxylic acid groups (broad SMARTS) is 1. The van der Waals surface area contributed by atoms with Crippen LogP contribution in [0.25, 0.3) is 11.0 Å². The van der Waals surface area contributed by atoms with E-state index in [1.807, 2.05) is 13.0 Å². The number of hydrogen-bond donors (Lipinski definition) is 8. The average molecular weight is 726 g/mol. The lowest BCUT2D eigenvalue weighted by Gasteiger charge is -2.26. The SMILES string of the molecule is CC(=O)OC[C@H](NC(=O)[C@H](Cc1ccccc1)NC(=O)OC(C)(C)C)C(=O)N[C@@H](CCCNC(=N)N)C(=O)O.Cc1cc(=O)oc2cc(N)ccc12. The molecule has 0 aliphatic heterocycles. The van der Waals surface area contributed by atoms with Gasteiger partial charge in [0.1, 0.15) is 35.9 Å². The zero-order chi connectivity index (χ0) is 39.0. The molecule has 1 heterocycles. The maximum atomic E-state index is 13.2. The topological polar surface area (TPSA) is 278 Å². The van der Waals surface area contributed by atoms with Crippen molar-refractivity contribution in [3.63, 3.8) is 0 Å². The number of alkyl carbamates (subject to hydrolysis) is 1. The number of guanidine groups is 1. The molecule has 1 aromatic heterocycles. The van der Waals surface area contributed by atoms with Crippen LogP contribution in [0.1, 0.15) is 51.7 Å². The van der Waals surface area contributed by atoms with Crippen molar-refractivity contribution in [2.24, 2.45) is 5.73 Å². The highest BCUT2D eigenvalue weighted by atomic mass is 16.6. The van der Waals surface area contributed by atoms with Gasteiger partial charge in [-0.05, 0) is 63.8 Å². The molecule has 2 aromatic carbocycles. The summed E-state index contributed by atoms with van der Waals surface area (Å²) in [5.41, 5.74) is 12.4. The number of nitrogen functional groups attached to an aromatic ring is 1. The summed E-state index contributed by atoms with van der Waals surface area (Å²) in [5.74, 6) is -4.01. The molecule has 0 spiro atoms. The van der Waals surface area contributed by atoms with Crippen molar-refractivity contribution in [2.75, 3.05) is 18.9 Å². The van der Waals surface area contributed by atoms with Gasteiger partial charge in [-0.25, -0.2) is 14.4 Å². The minimum Gasteiger partial charge on any atom is -0.480 e. The number of ether oxygens (including phenoxy) is 2. The summed E-state index contributed by atoms with van der Waals surface area (Å²) in [6, 6.07) is 11.6. The normalized spacial score (nSPS) is 12.5. The quantitative estimate of drug-likeness (QED) is 0.0294. The summed E-state index contributed by atoms with van der Waals surface area (Å²) in [6.45, 7) is 7.60. The van der Waals surface area contributed by atoms with Gasteiger partial charge in [-0.3, -0.25) is 19.8 Å². The molecule has 0 bridgehead atoms. The van der Waals surface area contributed by atoms with Crippen molar-refractivity contribution in [3.8, 4) is 0 Å². The fourth-order valence-corrected chi connectivity index (χ4v) is 4.57. The second-order valence-corrected chi connectivity index (χ2v) is 12.6. The Morgan fingerprint density at radius 1 is 0.942 bits per heavy atom. The van der Waals surface area contributed by atoms with Gasteiger partial charge in [0.05, 0.1) is 0 Å². The number of rotatable bonds is 14. The summed E-state index contributed by atoms with van der Waals surface area (Å²) in [5, 5.41) is 27.4. The highest BCUT2D eigenvalue weighted by molar-refractivity contribution is 5.93. The van der Waals surface area contributed by atoms with E-state index in [1.54, 1.807) is 63.2 Å². The number of carbonyl (C=O) groups excluding carboxylic acids is 4. The standard InChI is InChI=1S/C25H38N6O8.C10H9NO2/c1-15(32)38-14-19(21(34)29-17(22(35)36)11-8-12-28-23(26)27)30-20(33)18(13-16-9-6-5-7-10-16)31-24(37)39-25(2,3)4;1-6-4-10(12)13-9-5-7(11)2-3-8(6)9/h5-7,9-10,17-19H,8,11-14H2,1-4H3,(H,29,34)(H,30,33)(H,31,37)(H,35,36)(H4,26,27,28);2-5H,11H2,1H3/t17-,18-,19-;/m0./s1. The number of aryl methyl sites for hydroxylation is 1. The maximum absolute atomic E-state index is 13.2. The van der Waals surface area contributed by atoms with E-state index < -0.39 is 60.2 Å². The highest BCUT2D eigenvalue weighted by Gasteiger charge is 2.31. The van der Waals surface area contributed by atoms with Crippen LogP contribution in [-0.2, 0) is 35.1 Å². The molecule has 10 N–H and O–H groups in total. The third-order valence-electron chi connectivity index (χ3n) is 6.95. The number of carboxylic acids is 1. The van der Waals surface area contributed by atoms with Gasteiger partial charge in [0, 0.05) is 43.1 Å². The van der Waals surface area contributed by atoms with Crippen LogP contribution in [0, 0.1) is 12.3 Å². The molecule has 3 amide bonds. The maximum Gasteiger partial charge on any atom is 0.408 e. The summed E-state index contributed by atoms with van der Waals surface area (Å²) >= 11 is 0. The van der Waals surface area contributed by atoms with E-state index >= 15 is 0 Å². The summed E-state index contributed by atoms with van der Waals surface area (Å²) in [4.78, 5) is 72.7. The fourth-order valence-electron chi connectivity index (χ4n) is 4.57. The molecule has 0 radical (unpaired) electrons. The van der Waals surface area contributed by atoms with Crippen LogP contribution in [-0.4, -0.2) is 77.8 Å². The Hall–Kier alpha value is -6.13. The lowest BCUT2D eigenvalue weighted by Crippen LogP contribution is -2.58. The van der Waals surface area contributed by atoms with Crippen LogP contribution in [0.15, 0.2) is 63.8 Å². The Morgan fingerprint density at radius 3 is 2.17 bits per heavy atom. The molecule has 3 aromatic rings. The average Bonchev–Trinajstić information content (AvgIpc) is 3.03. The van der Waals surface area contributed by atoms with Gasteiger partial charge in [0.15, 0.2) is 5.96 Å². The van der Waals surface area contributed by atoms with Gasteiger partial charge < -0.3 is 51.7 Å². The number of nitrogens with two attached hydrogens (primary N) is 2. The molecule has 3 atom stereocenters. The zero-order valence-electron chi connectivity index (χ0n) is 29.7. The molecule has 17 heteroatoms. The minimum absolute atomic E-state index is 0.00752. The molecular formula is C35H47N7O10. The third kappa shape index (κ3) is 15.6. The lowest BCUT2D eigenvalue weighted by molar-refractivity contribution is -0.146. The number of esters is 1. The van der Waals surface area contributed by atoms with Gasteiger partial charge in [-0.15, -0.1) is 0 Å². The van der Waals surface area contributed by atoms with Crippen LogP contribution < -0.4 is 38.4 Å². The Morgan fingerprint density at radius 2 is 1.58 bits per heavy atom. The van der Waals surface area contributed by atoms with Crippen molar-refractivity contribution in [3.05, 3.63) is 76.1 Å². The van der Waals surface area contributed by atoms with Crippen molar-refractivity contribution in [2.45, 2.75) is 77.6 Å². The molecule has 0 aliphatic rings. The molecule has 17 nitrogen and oxygen atoms in total. The molecular weight excluding hydrogens is 678 g/mol. The molecule has 0 saturated heterocycles. The van der Waals surface area contributed by atoms with Crippen LogP contribution in [0.2, 0.25) is 0 Å². The smallest absolute Gasteiger partial charge is 0.408 e. The third-order valence-corrected chi connectivity index (χ3v) is 6.95. The highest BCUT2D eigenvalue weighted by Crippen LogP contribution is 2.18. The molecule has 0 saturated carbocycles. The van der Waals surface area contributed by atoms with Crippen LogP contribution in [0.4, 0.5) is 10.5 Å². The summed E-state index contributed by atoms with van der Waals surface area (Å²) in [7, 11) is 0. The van der Waals surface area contributed by atoms with Gasteiger partial charge in [0.2, 0.25) is 11.8 Å². The van der Waals surface area contributed by atoms with E-state index in [9.17, 15) is 33.9 Å². The number of benzene rings is 2. The first-order valence-electron chi connectivity index (χ1n) is 16.2. The second kappa shape index (κ2) is 19.9. The van der Waals surface area contributed by atoms with Gasteiger partial charge in [-0.2, -0.15) is 0 Å². The summed E-state index contributed by atoms with van der Waals surface area (Å²) in [6.07, 6.45) is -0.553. The molecule has 3 rings (SSSR count). The largest absolute Gasteiger partial charge is 0.480 e. The van der Waals surface area contributed by atoms with Crippen molar-refractivity contribution >= 4 is 52.5 Å². The molecule has 0 aliphatic carbocycles. The van der Waals surface area contributed by atoms with E-state index in [-0.39, 0.29) is 37.4 Å². The molecule has 0 fully saturated rings. The van der Waals surface area contributed by atoms with Crippen LogP contribution >= 0.6 is 0 Å². The molecule has 282 valence electrons. The fraction of sp³-hybridized carbons (Fsp3) is 0.400. The van der Waals surface area contributed by atoms with Crippen molar-refractivity contribution in [1.82, 2.24) is 21.3 Å². The monoisotopic (exact) mass is 725 g/mol. The van der Waals surface area contributed by atoms with Gasteiger partial charge >= 0.3 is 23.7 Å². The molecule has 0 unspecified atom stereocenters. The number of carbonyl (C=O) groups is 5. The number of aliphatic carboxylic acids is 1. The Bertz CT molecular complexity index is 1770. The van der Waals surface area contributed by atoms with Crippen LogP contribution in [0.3, 0.4) is 0 Å². The number of nitrogens with one attached hydrogen (secondary N) is 5. The number of anilines is 1.